The van der Waals surface area contributed by atoms with Crippen molar-refractivity contribution in [2.24, 2.45) is 0 Å². The van der Waals surface area contributed by atoms with Crippen LogP contribution in [-0.2, 0) is 19.2 Å². The van der Waals surface area contributed by atoms with Gasteiger partial charge in [-0.25, -0.2) is 9.59 Å². The largest absolute Gasteiger partial charge is 2.00 e. The second kappa shape index (κ2) is 18.4. The van der Waals surface area contributed by atoms with Gasteiger partial charge < -0.3 is 59.5 Å². The van der Waals surface area contributed by atoms with Crippen LogP contribution in [0, 0.1) is 0 Å². The third-order valence-electron chi connectivity index (χ3n) is 1.83. The predicted molar refractivity (Wildman–Crippen MR) is 74.4 cm³/mol. The molecule has 0 radical (unpaired) electrons. The van der Waals surface area contributed by atoms with E-state index in [0.717, 1.165) is 6.08 Å². The number of hydrogen-bond donors (Lipinski definition) is 5. The first kappa shape index (κ1) is 34.4. The van der Waals surface area contributed by atoms with E-state index in [4.69, 9.17) is 25.5 Å². The standard InChI is InChI=1S/C6H8O7.C6H8O2.2BrH.Mg/c7-3(8)1-6(13,5(11)12)2-4(9)10;1-2-3-4-5-6(7)8;;;/h13H,1-2H2,(H,7,8)(H,9,10)(H,11,12);2-5H,1H3,(H,7,8);2*1H;/q;;;;+2/p-2. The summed E-state index contributed by atoms with van der Waals surface area (Å²) in [4.78, 5) is 40.2. The molecule has 9 nitrogen and oxygen atoms in total. The fraction of sp³-hybridized carbons (Fsp3) is 0.333. The molecule has 0 saturated carbocycles. The molecule has 0 fully saturated rings. The van der Waals surface area contributed by atoms with Gasteiger partial charge in [0.15, 0.2) is 5.60 Å². The molecule has 0 aliphatic carbocycles. The van der Waals surface area contributed by atoms with Crippen LogP contribution in [0.15, 0.2) is 24.3 Å². The summed E-state index contributed by atoms with van der Waals surface area (Å²) in [7, 11) is 0. The van der Waals surface area contributed by atoms with E-state index in [-0.39, 0.29) is 57.0 Å². The third-order valence-corrected chi connectivity index (χ3v) is 1.83. The second-order valence-electron chi connectivity index (χ2n) is 3.70. The summed E-state index contributed by atoms with van der Waals surface area (Å²) >= 11 is 0. The van der Waals surface area contributed by atoms with Crippen LogP contribution in [0.4, 0.5) is 0 Å². The van der Waals surface area contributed by atoms with Crippen LogP contribution in [0.3, 0.4) is 0 Å². The quantitative estimate of drug-likeness (QED) is 0.133. The van der Waals surface area contributed by atoms with Gasteiger partial charge in [0.2, 0.25) is 0 Å². The fourth-order valence-corrected chi connectivity index (χ4v) is 0.963. The Morgan fingerprint density at radius 3 is 1.46 bits per heavy atom. The zero-order valence-corrected chi connectivity index (χ0v) is 17.1. The van der Waals surface area contributed by atoms with Crippen LogP contribution in [0.5, 0.6) is 0 Å². The van der Waals surface area contributed by atoms with Gasteiger partial charge in [-0.1, -0.05) is 18.2 Å². The molecule has 0 aliphatic rings. The van der Waals surface area contributed by atoms with Crippen molar-refractivity contribution in [3.63, 3.8) is 0 Å². The van der Waals surface area contributed by atoms with Crippen molar-refractivity contribution >= 4 is 46.9 Å². The Labute approximate surface area is 174 Å². The SMILES string of the molecule is CC=CC=CC(=O)O.O=C(O)CC(O)(CC(=O)O)C(=O)O.[Br-].[Br-].[Mg+2]. The average molecular weight is 488 g/mol. The van der Waals surface area contributed by atoms with E-state index in [2.05, 4.69) is 0 Å². The van der Waals surface area contributed by atoms with Crippen molar-refractivity contribution in [3.05, 3.63) is 24.3 Å². The number of allylic oxidation sites excluding steroid dienone is 3. The van der Waals surface area contributed by atoms with Gasteiger partial charge in [-0.05, 0) is 6.92 Å². The number of carboxylic acid groups (broad SMARTS) is 4. The van der Waals surface area contributed by atoms with Gasteiger partial charge >= 0.3 is 46.9 Å². The molecule has 0 aliphatic heterocycles. The molecule has 12 heteroatoms. The first-order chi connectivity index (χ1) is 9.55. The summed E-state index contributed by atoms with van der Waals surface area (Å²) in [5, 5.41) is 41.8. The Balaban J connectivity index is -0.0000000968. The van der Waals surface area contributed by atoms with E-state index < -0.39 is 42.3 Å². The first-order valence-corrected chi connectivity index (χ1v) is 5.46. The van der Waals surface area contributed by atoms with Crippen LogP contribution >= 0.6 is 0 Å². The number of aliphatic hydroxyl groups is 1. The van der Waals surface area contributed by atoms with Crippen LogP contribution in [-0.4, -0.2) is 78.1 Å². The Morgan fingerprint density at radius 2 is 1.25 bits per heavy atom. The first-order valence-electron chi connectivity index (χ1n) is 5.46. The minimum atomic E-state index is -2.74. The molecular weight excluding hydrogens is 472 g/mol. The van der Waals surface area contributed by atoms with Crippen LogP contribution < -0.4 is 34.0 Å². The monoisotopic (exact) mass is 486 g/mol. The summed E-state index contributed by atoms with van der Waals surface area (Å²) in [6.45, 7) is 1.83. The van der Waals surface area contributed by atoms with Crippen molar-refractivity contribution in [2.45, 2.75) is 25.4 Å². The molecule has 134 valence electrons. The summed E-state index contributed by atoms with van der Waals surface area (Å²) < 4.78 is 0. The molecule has 24 heavy (non-hydrogen) atoms. The molecule has 0 bridgehead atoms. The van der Waals surface area contributed by atoms with E-state index in [1.807, 2.05) is 6.92 Å². The Hall–Kier alpha value is -0.954. The molecule has 0 amide bonds. The Morgan fingerprint density at radius 1 is 0.875 bits per heavy atom. The summed E-state index contributed by atoms with van der Waals surface area (Å²) in [5.74, 6) is -5.93. The molecular formula is C12H16Br2MgO9. The topological polar surface area (TPSA) is 169 Å². The summed E-state index contributed by atoms with van der Waals surface area (Å²) in [5.41, 5.74) is -2.74. The summed E-state index contributed by atoms with van der Waals surface area (Å²) in [6.07, 6.45) is 3.69. The molecule has 0 atom stereocenters. The fourth-order valence-electron chi connectivity index (χ4n) is 0.963. The van der Waals surface area contributed by atoms with Gasteiger partial charge in [0.1, 0.15) is 0 Å². The van der Waals surface area contributed by atoms with Crippen LogP contribution in [0.1, 0.15) is 19.8 Å². The zero-order chi connectivity index (χ0) is 17.1. The van der Waals surface area contributed by atoms with E-state index in [1.54, 1.807) is 12.2 Å². The Bertz CT molecular complexity index is 447. The number of halogens is 2. The molecule has 0 saturated heterocycles. The molecule has 0 aromatic heterocycles. The van der Waals surface area contributed by atoms with Gasteiger partial charge in [-0.3, -0.25) is 9.59 Å². The molecule has 0 spiro atoms. The maximum Gasteiger partial charge on any atom is 2.00 e. The van der Waals surface area contributed by atoms with E-state index >= 15 is 0 Å². The van der Waals surface area contributed by atoms with Crippen LogP contribution in [0.2, 0.25) is 0 Å². The minimum Gasteiger partial charge on any atom is -1.00 e. The molecule has 0 aromatic rings. The number of aliphatic carboxylic acids is 4. The van der Waals surface area contributed by atoms with Gasteiger partial charge in [0.05, 0.1) is 12.8 Å². The molecule has 0 rings (SSSR count). The molecule has 0 aromatic carbocycles. The maximum absolute atomic E-state index is 10.3. The maximum atomic E-state index is 10.3. The van der Waals surface area contributed by atoms with Crippen molar-refractivity contribution in [1.82, 2.24) is 0 Å². The van der Waals surface area contributed by atoms with Gasteiger partial charge in [-0.15, -0.1) is 0 Å². The normalized spacial score (nSPS) is 9.58. The van der Waals surface area contributed by atoms with Gasteiger partial charge in [0.25, 0.3) is 0 Å². The van der Waals surface area contributed by atoms with Gasteiger partial charge in [0, 0.05) is 6.08 Å². The molecule has 0 unspecified atom stereocenters. The van der Waals surface area contributed by atoms with Crippen molar-refractivity contribution in [2.75, 3.05) is 0 Å². The Kier molecular flexibility index (Phi) is 26.3. The number of carbonyl (C=O) groups is 4. The third kappa shape index (κ3) is 21.0. The number of carboxylic acids is 4. The number of hydrogen-bond acceptors (Lipinski definition) is 5. The van der Waals surface area contributed by atoms with Crippen molar-refractivity contribution in [3.8, 4) is 0 Å². The number of rotatable bonds is 7. The van der Waals surface area contributed by atoms with E-state index in [9.17, 15) is 19.2 Å². The van der Waals surface area contributed by atoms with E-state index in [1.165, 1.54) is 6.08 Å². The molecule has 0 heterocycles. The van der Waals surface area contributed by atoms with Gasteiger partial charge in [-0.2, -0.15) is 0 Å². The van der Waals surface area contributed by atoms with E-state index in [0.29, 0.717) is 0 Å². The van der Waals surface area contributed by atoms with Crippen molar-refractivity contribution in [1.29, 1.82) is 0 Å². The van der Waals surface area contributed by atoms with Crippen LogP contribution in [0.25, 0.3) is 0 Å². The average Bonchev–Trinajstić information content (AvgIpc) is 2.27. The second-order valence-corrected chi connectivity index (χ2v) is 3.70. The zero-order valence-electron chi connectivity index (χ0n) is 12.6. The van der Waals surface area contributed by atoms with Crippen molar-refractivity contribution < 1.29 is 78.7 Å². The molecule has 5 N–H and O–H groups in total. The smallest absolute Gasteiger partial charge is 1.00 e. The predicted octanol–water partition coefficient (Wildman–Crippen LogP) is -6.42. The minimum absolute atomic E-state index is 0. The summed E-state index contributed by atoms with van der Waals surface area (Å²) in [6, 6.07) is 0.